The van der Waals surface area contributed by atoms with E-state index >= 15 is 0 Å². The van der Waals surface area contributed by atoms with E-state index in [9.17, 15) is 0 Å². The van der Waals surface area contributed by atoms with Gasteiger partial charge in [-0.25, -0.2) is 15.0 Å². The molecule has 100 valence electrons. The maximum Gasteiger partial charge on any atom is 0.213 e. The zero-order valence-corrected chi connectivity index (χ0v) is 11.1. The van der Waals surface area contributed by atoms with Crippen molar-refractivity contribution in [1.82, 2.24) is 15.0 Å². The summed E-state index contributed by atoms with van der Waals surface area (Å²) in [6.45, 7) is 4.32. The first kappa shape index (κ1) is 12.0. The molecular formula is C13H17N5O. The molecule has 2 heterocycles. The molecule has 0 radical (unpaired) electrons. The van der Waals surface area contributed by atoms with Crippen LogP contribution < -0.4 is 11.1 Å². The molecule has 0 aromatic carbocycles. The summed E-state index contributed by atoms with van der Waals surface area (Å²) in [6, 6.07) is 1.73. The molecule has 6 heteroatoms. The van der Waals surface area contributed by atoms with Gasteiger partial charge in [0.15, 0.2) is 0 Å². The van der Waals surface area contributed by atoms with Crippen molar-refractivity contribution in [3.05, 3.63) is 29.2 Å². The minimum absolute atomic E-state index is 0.482. The molecule has 2 aromatic heterocycles. The maximum atomic E-state index is 5.79. The molecular weight excluding hydrogens is 242 g/mol. The van der Waals surface area contributed by atoms with Gasteiger partial charge >= 0.3 is 0 Å². The predicted molar refractivity (Wildman–Crippen MR) is 71.7 cm³/mol. The van der Waals surface area contributed by atoms with Gasteiger partial charge < -0.3 is 15.5 Å². The third kappa shape index (κ3) is 2.67. The first-order chi connectivity index (χ1) is 9.11. The molecule has 1 saturated carbocycles. The smallest absolute Gasteiger partial charge is 0.213 e. The van der Waals surface area contributed by atoms with Gasteiger partial charge in [0, 0.05) is 12.0 Å². The average molecular weight is 259 g/mol. The number of aromatic nitrogens is 3. The fourth-order valence-corrected chi connectivity index (χ4v) is 1.88. The van der Waals surface area contributed by atoms with Crippen molar-refractivity contribution in [2.75, 3.05) is 11.1 Å². The highest BCUT2D eigenvalue weighted by molar-refractivity contribution is 5.45. The monoisotopic (exact) mass is 259 g/mol. The van der Waals surface area contributed by atoms with E-state index in [0.717, 1.165) is 35.9 Å². The molecule has 0 atom stereocenters. The topological polar surface area (TPSA) is 89.9 Å². The lowest BCUT2D eigenvalue weighted by Gasteiger charge is -2.06. The number of anilines is 2. The Morgan fingerprint density at radius 2 is 2.11 bits per heavy atom. The van der Waals surface area contributed by atoms with Crippen LogP contribution in [0.5, 0.6) is 0 Å². The van der Waals surface area contributed by atoms with E-state index in [1.807, 2.05) is 13.8 Å². The highest BCUT2D eigenvalue weighted by Crippen LogP contribution is 2.38. The summed E-state index contributed by atoms with van der Waals surface area (Å²) in [5.41, 5.74) is 6.71. The van der Waals surface area contributed by atoms with Crippen molar-refractivity contribution >= 4 is 11.6 Å². The van der Waals surface area contributed by atoms with Crippen molar-refractivity contribution in [3.63, 3.8) is 0 Å². The van der Waals surface area contributed by atoms with E-state index in [1.165, 1.54) is 0 Å². The lowest BCUT2D eigenvalue weighted by molar-refractivity contribution is 0.478. The van der Waals surface area contributed by atoms with Gasteiger partial charge in [-0.05, 0) is 26.7 Å². The Labute approximate surface area is 111 Å². The van der Waals surface area contributed by atoms with Crippen LogP contribution in [0, 0.1) is 13.8 Å². The number of nitrogens with one attached hydrogen (secondary N) is 1. The van der Waals surface area contributed by atoms with Gasteiger partial charge in [0.05, 0.1) is 12.2 Å². The molecule has 1 aliphatic rings. The third-order valence-electron chi connectivity index (χ3n) is 3.20. The number of hydrogen-bond donors (Lipinski definition) is 2. The Balaban J connectivity index is 1.72. The summed E-state index contributed by atoms with van der Waals surface area (Å²) in [5.74, 6) is 4.04. The van der Waals surface area contributed by atoms with Crippen LogP contribution in [0.2, 0.25) is 0 Å². The highest BCUT2D eigenvalue weighted by Gasteiger charge is 2.27. The van der Waals surface area contributed by atoms with E-state index < -0.39 is 0 Å². The molecule has 0 unspecified atom stereocenters. The molecule has 0 saturated heterocycles. The van der Waals surface area contributed by atoms with Crippen LogP contribution in [0.3, 0.4) is 0 Å². The molecule has 19 heavy (non-hydrogen) atoms. The fourth-order valence-electron chi connectivity index (χ4n) is 1.88. The van der Waals surface area contributed by atoms with Crippen molar-refractivity contribution in [3.8, 4) is 0 Å². The van der Waals surface area contributed by atoms with Crippen LogP contribution in [0.25, 0.3) is 0 Å². The standard InChI is InChI=1S/C13H17N5O/c1-7-8(2)19-12(16-7)6-15-11-5-10(14)17-13(18-11)9-3-4-9/h5,9H,3-4,6H2,1-2H3,(H3,14,15,17,18). The Hall–Kier alpha value is -2.11. The highest BCUT2D eigenvalue weighted by atomic mass is 16.4. The number of hydrogen-bond acceptors (Lipinski definition) is 6. The molecule has 0 aliphatic heterocycles. The van der Waals surface area contributed by atoms with Gasteiger partial charge in [-0.2, -0.15) is 0 Å². The van der Waals surface area contributed by atoms with Crippen LogP contribution in [0.1, 0.15) is 41.9 Å². The van der Waals surface area contributed by atoms with Crippen molar-refractivity contribution < 1.29 is 4.42 Å². The van der Waals surface area contributed by atoms with E-state index in [-0.39, 0.29) is 0 Å². The Bertz CT molecular complexity index is 584. The SMILES string of the molecule is Cc1nc(CNc2cc(N)nc(C3CC3)n2)oc1C. The predicted octanol–water partition coefficient (Wildman–Crippen LogP) is 2.15. The summed E-state index contributed by atoms with van der Waals surface area (Å²) >= 11 is 0. The first-order valence-electron chi connectivity index (χ1n) is 6.43. The van der Waals surface area contributed by atoms with Crippen molar-refractivity contribution in [1.29, 1.82) is 0 Å². The molecule has 0 bridgehead atoms. The van der Waals surface area contributed by atoms with Crippen molar-refractivity contribution in [2.24, 2.45) is 0 Å². The van der Waals surface area contributed by atoms with Gasteiger partial charge in [0.2, 0.25) is 5.89 Å². The van der Waals surface area contributed by atoms with Gasteiger partial charge in [0.25, 0.3) is 0 Å². The number of rotatable bonds is 4. The maximum absolute atomic E-state index is 5.79. The summed E-state index contributed by atoms with van der Waals surface area (Å²) in [6.07, 6.45) is 2.31. The minimum Gasteiger partial charge on any atom is -0.444 e. The normalized spacial score (nSPS) is 14.6. The largest absolute Gasteiger partial charge is 0.444 e. The molecule has 6 nitrogen and oxygen atoms in total. The second-order valence-corrected chi connectivity index (χ2v) is 4.91. The Morgan fingerprint density at radius 1 is 1.32 bits per heavy atom. The first-order valence-corrected chi connectivity index (χ1v) is 6.43. The van der Waals surface area contributed by atoms with E-state index in [4.69, 9.17) is 10.2 Å². The number of aryl methyl sites for hydroxylation is 2. The van der Waals surface area contributed by atoms with Gasteiger partial charge in [-0.3, -0.25) is 0 Å². The van der Waals surface area contributed by atoms with Gasteiger partial charge in [-0.1, -0.05) is 0 Å². The molecule has 3 rings (SSSR count). The molecule has 1 aliphatic carbocycles. The molecule has 2 aromatic rings. The van der Waals surface area contributed by atoms with Crippen LogP contribution in [-0.4, -0.2) is 15.0 Å². The lowest BCUT2D eigenvalue weighted by atomic mass is 10.4. The lowest BCUT2D eigenvalue weighted by Crippen LogP contribution is -2.06. The summed E-state index contributed by atoms with van der Waals surface area (Å²) in [5, 5.41) is 3.18. The van der Waals surface area contributed by atoms with Gasteiger partial charge in [-0.15, -0.1) is 0 Å². The minimum atomic E-state index is 0.482. The molecule has 0 amide bonds. The van der Waals surface area contributed by atoms with Gasteiger partial charge in [0.1, 0.15) is 23.2 Å². The second kappa shape index (κ2) is 4.53. The molecule has 3 N–H and O–H groups in total. The van der Waals surface area contributed by atoms with E-state index in [0.29, 0.717) is 24.2 Å². The Morgan fingerprint density at radius 3 is 2.74 bits per heavy atom. The average Bonchev–Trinajstić information content (AvgIpc) is 3.15. The second-order valence-electron chi connectivity index (χ2n) is 4.91. The summed E-state index contributed by atoms with van der Waals surface area (Å²) in [4.78, 5) is 13.0. The number of nitrogens with zero attached hydrogens (tertiary/aromatic N) is 3. The van der Waals surface area contributed by atoms with Crippen LogP contribution in [0.4, 0.5) is 11.6 Å². The van der Waals surface area contributed by atoms with Crippen molar-refractivity contribution in [2.45, 2.75) is 39.2 Å². The fraction of sp³-hybridized carbons (Fsp3) is 0.462. The van der Waals surface area contributed by atoms with Crippen LogP contribution >= 0.6 is 0 Å². The third-order valence-corrected chi connectivity index (χ3v) is 3.20. The number of nitrogens with two attached hydrogens (primary N) is 1. The quantitative estimate of drug-likeness (QED) is 0.874. The zero-order valence-electron chi connectivity index (χ0n) is 11.1. The van der Waals surface area contributed by atoms with Crippen LogP contribution in [0.15, 0.2) is 10.5 Å². The molecule has 0 spiro atoms. The van der Waals surface area contributed by atoms with Crippen LogP contribution in [-0.2, 0) is 6.54 Å². The molecule has 1 fully saturated rings. The number of oxazole rings is 1. The Kier molecular flexibility index (Phi) is 2.85. The zero-order chi connectivity index (χ0) is 13.4. The summed E-state index contributed by atoms with van der Waals surface area (Å²) < 4.78 is 5.51. The van der Waals surface area contributed by atoms with E-state index in [2.05, 4.69) is 20.3 Å². The van der Waals surface area contributed by atoms with E-state index in [1.54, 1.807) is 6.07 Å². The summed E-state index contributed by atoms with van der Waals surface area (Å²) in [7, 11) is 0. The number of nitrogen functional groups attached to an aromatic ring is 1.